The third kappa shape index (κ3) is 3.80. The average molecular weight is 312 g/mol. The van der Waals surface area contributed by atoms with Crippen molar-refractivity contribution in [3.8, 4) is 0 Å². The van der Waals surface area contributed by atoms with E-state index in [0.29, 0.717) is 12.8 Å². The highest BCUT2D eigenvalue weighted by Gasteiger charge is 2.48. The zero-order valence-corrected chi connectivity index (χ0v) is 14.1. The van der Waals surface area contributed by atoms with Gasteiger partial charge in [-0.05, 0) is 52.9 Å². The lowest BCUT2D eigenvalue weighted by Gasteiger charge is -2.31. The molecular formula is C17H28O5. The molecule has 1 saturated heterocycles. The highest BCUT2D eigenvalue weighted by molar-refractivity contribution is 5.78. The first-order valence-electron chi connectivity index (χ1n) is 8.37. The van der Waals surface area contributed by atoms with E-state index in [9.17, 15) is 9.59 Å². The van der Waals surface area contributed by atoms with Crippen molar-refractivity contribution >= 4 is 11.9 Å². The number of esters is 2. The molecule has 126 valence electrons. The first-order valence-corrected chi connectivity index (χ1v) is 8.37. The Hall–Kier alpha value is -1.10. The molecule has 2 rings (SSSR count). The van der Waals surface area contributed by atoms with Gasteiger partial charge in [0, 0.05) is 6.42 Å². The van der Waals surface area contributed by atoms with Gasteiger partial charge in [0.15, 0.2) is 6.10 Å². The first kappa shape index (κ1) is 17.3. The minimum absolute atomic E-state index is 0.304. The fourth-order valence-electron chi connectivity index (χ4n) is 3.06. The van der Waals surface area contributed by atoms with E-state index in [1.165, 1.54) is 6.42 Å². The van der Waals surface area contributed by atoms with Crippen molar-refractivity contribution in [2.45, 2.75) is 90.6 Å². The summed E-state index contributed by atoms with van der Waals surface area (Å²) in [5.74, 6) is -0.624. The molecule has 2 unspecified atom stereocenters. The molecule has 0 N–H and O–H groups in total. The average Bonchev–Trinajstić information content (AvgIpc) is 2.74. The van der Waals surface area contributed by atoms with Crippen molar-refractivity contribution in [3.05, 3.63) is 0 Å². The summed E-state index contributed by atoms with van der Waals surface area (Å²) in [6.07, 6.45) is 5.11. The second kappa shape index (κ2) is 6.57. The van der Waals surface area contributed by atoms with Crippen molar-refractivity contribution < 1.29 is 23.8 Å². The van der Waals surface area contributed by atoms with Gasteiger partial charge in [-0.3, -0.25) is 4.79 Å². The Morgan fingerprint density at radius 1 is 1.36 bits per heavy atom. The monoisotopic (exact) mass is 312 g/mol. The molecule has 5 nitrogen and oxygen atoms in total. The Kier molecular flexibility index (Phi) is 5.15. The Labute approximate surface area is 132 Å². The van der Waals surface area contributed by atoms with Gasteiger partial charge in [-0.2, -0.15) is 0 Å². The summed E-state index contributed by atoms with van der Waals surface area (Å²) in [5, 5.41) is 0. The van der Waals surface area contributed by atoms with Crippen LogP contribution in [0, 0.1) is 5.41 Å². The Morgan fingerprint density at radius 3 is 2.59 bits per heavy atom. The molecular weight excluding hydrogens is 284 g/mol. The van der Waals surface area contributed by atoms with Crippen molar-refractivity contribution in [3.63, 3.8) is 0 Å². The van der Waals surface area contributed by atoms with Gasteiger partial charge in [0.05, 0.1) is 5.41 Å². The molecule has 5 heteroatoms. The van der Waals surface area contributed by atoms with Crippen LogP contribution in [0.1, 0.15) is 72.6 Å². The molecule has 0 amide bonds. The van der Waals surface area contributed by atoms with Crippen molar-refractivity contribution in [1.29, 1.82) is 0 Å². The predicted molar refractivity (Wildman–Crippen MR) is 81.0 cm³/mol. The summed E-state index contributed by atoms with van der Waals surface area (Å²) in [5.41, 5.74) is -0.884. The van der Waals surface area contributed by atoms with Crippen LogP contribution in [-0.4, -0.2) is 29.9 Å². The third-order valence-corrected chi connectivity index (χ3v) is 4.97. The number of carbonyl (C=O) groups excluding carboxylic acids is 2. The largest absolute Gasteiger partial charge is 0.457 e. The standard InChI is InChI=1S/C17H28O5/c1-5-16(3,4)15(19)21-12(2)20-13-11-17(22-14(13)18)9-7-6-8-10-17/h12-13H,5-11H2,1-4H3. The Bertz CT molecular complexity index is 423. The number of hydrogen-bond donors (Lipinski definition) is 0. The van der Waals surface area contributed by atoms with Crippen molar-refractivity contribution in [2.24, 2.45) is 5.41 Å². The van der Waals surface area contributed by atoms with E-state index in [0.717, 1.165) is 25.7 Å². The van der Waals surface area contributed by atoms with E-state index >= 15 is 0 Å². The van der Waals surface area contributed by atoms with Crippen LogP contribution < -0.4 is 0 Å². The summed E-state index contributed by atoms with van der Waals surface area (Å²) >= 11 is 0. The highest BCUT2D eigenvalue weighted by Crippen LogP contribution is 2.41. The van der Waals surface area contributed by atoms with Crippen LogP contribution in [-0.2, 0) is 23.8 Å². The number of carbonyl (C=O) groups is 2. The fraction of sp³-hybridized carbons (Fsp3) is 0.882. The van der Waals surface area contributed by atoms with Gasteiger partial charge in [-0.25, -0.2) is 4.79 Å². The lowest BCUT2D eigenvalue weighted by molar-refractivity contribution is -0.196. The van der Waals surface area contributed by atoms with E-state index < -0.39 is 17.8 Å². The second-order valence-electron chi connectivity index (χ2n) is 7.20. The molecule has 2 atom stereocenters. The molecule has 1 aliphatic carbocycles. The molecule has 2 fully saturated rings. The molecule has 1 heterocycles. The first-order chi connectivity index (χ1) is 10.3. The Balaban J connectivity index is 1.88. The van der Waals surface area contributed by atoms with Gasteiger partial charge < -0.3 is 14.2 Å². The third-order valence-electron chi connectivity index (χ3n) is 4.97. The van der Waals surface area contributed by atoms with E-state index in [4.69, 9.17) is 14.2 Å². The molecule has 1 aliphatic heterocycles. The minimum atomic E-state index is -0.741. The van der Waals surface area contributed by atoms with Gasteiger partial charge in [-0.1, -0.05) is 13.3 Å². The van der Waals surface area contributed by atoms with Crippen molar-refractivity contribution in [1.82, 2.24) is 0 Å². The maximum atomic E-state index is 12.0. The van der Waals surface area contributed by atoms with Gasteiger partial charge >= 0.3 is 11.9 Å². The van der Waals surface area contributed by atoms with Crippen LogP contribution in [0.25, 0.3) is 0 Å². The lowest BCUT2D eigenvalue weighted by Crippen LogP contribution is -2.34. The van der Waals surface area contributed by atoms with Gasteiger partial charge in [0.2, 0.25) is 6.29 Å². The van der Waals surface area contributed by atoms with Crippen LogP contribution in [0.15, 0.2) is 0 Å². The SMILES string of the molecule is CCC(C)(C)C(=O)OC(C)OC1CC2(CCCCC2)OC1=O. The predicted octanol–water partition coefficient (Wildman–Crippen LogP) is 3.35. The van der Waals surface area contributed by atoms with E-state index in [1.807, 2.05) is 20.8 Å². The van der Waals surface area contributed by atoms with E-state index in [-0.39, 0.29) is 17.5 Å². The van der Waals surface area contributed by atoms with Crippen LogP contribution >= 0.6 is 0 Å². The van der Waals surface area contributed by atoms with Crippen LogP contribution in [0.2, 0.25) is 0 Å². The molecule has 0 bridgehead atoms. The maximum Gasteiger partial charge on any atom is 0.336 e. The van der Waals surface area contributed by atoms with Crippen molar-refractivity contribution in [2.75, 3.05) is 0 Å². The summed E-state index contributed by atoms with van der Waals surface area (Å²) < 4.78 is 16.6. The summed E-state index contributed by atoms with van der Waals surface area (Å²) in [6.45, 7) is 7.27. The zero-order chi connectivity index (χ0) is 16.4. The fourth-order valence-corrected chi connectivity index (χ4v) is 3.06. The molecule has 0 aromatic rings. The lowest BCUT2D eigenvalue weighted by atomic mass is 9.82. The van der Waals surface area contributed by atoms with Gasteiger partial charge in [0.25, 0.3) is 0 Å². The summed E-state index contributed by atoms with van der Waals surface area (Å²) in [6, 6.07) is 0. The normalized spacial score (nSPS) is 25.8. The van der Waals surface area contributed by atoms with Crippen LogP contribution in [0.4, 0.5) is 0 Å². The number of ether oxygens (including phenoxy) is 3. The number of hydrogen-bond acceptors (Lipinski definition) is 5. The highest BCUT2D eigenvalue weighted by atomic mass is 16.7. The smallest absolute Gasteiger partial charge is 0.336 e. The zero-order valence-electron chi connectivity index (χ0n) is 14.1. The maximum absolute atomic E-state index is 12.0. The molecule has 0 radical (unpaired) electrons. The van der Waals surface area contributed by atoms with E-state index in [1.54, 1.807) is 6.92 Å². The molecule has 2 aliphatic rings. The molecule has 1 saturated carbocycles. The topological polar surface area (TPSA) is 61.8 Å². The summed E-state index contributed by atoms with van der Waals surface area (Å²) in [7, 11) is 0. The Morgan fingerprint density at radius 2 is 2.00 bits per heavy atom. The molecule has 22 heavy (non-hydrogen) atoms. The van der Waals surface area contributed by atoms with Gasteiger partial charge in [-0.15, -0.1) is 0 Å². The van der Waals surface area contributed by atoms with Crippen LogP contribution in [0.3, 0.4) is 0 Å². The quantitative estimate of drug-likeness (QED) is 0.575. The molecule has 0 aromatic carbocycles. The minimum Gasteiger partial charge on any atom is -0.457 e. The second-order valence-corrected chi connectivity index (χ2v) is 7.20. The number of rotatable bonds is 5. The van der Waals surface area contributed by atoms with Crippen LogP contribution in [0.5, 0.6) is 0 Å². The summed E-state index contributed by atoms with van der Waals surface area (Å²) in [4.78, 5) is 24.1. The molecule has 1 spiro atoms. The van der Waals surface area contributed by atoms with Gasteiger partial charge in [0.1, 0.15) is 5.60 Å². The molecule has 0 aromatic heterocycles. The van der Waals surface area contributed by atoms with E-state index in [2.05, 4.69) is 0 Å².